The average molecular weight is 321 g/mol. The second kappa shape index (κ2) is 7.04. The lowest BCUT2D eigenvalue weighted by atomic mass is 10.0. The molecule has 0 fully saturated rings. The monoisotopic (exact) mass is 321 g/mol. The van der Waals surface area contributed by atoms with Crippen molar-refractivity contribution in [2.45, 2.75) is 26.3 Å². The van der Waals surface area contributed by atoms with Gasteiger partial charge in [0.1, 0.15) is 6.33 Å². The van der Waals surface area contributed by atoms with E-state index in [1.807, 2.05) is 44.2 Å². The molecule has 0 aliphatic heterocycles. The van der Waals surface area contributed by atoms with Gasteiger partial charge >= 0.3 is 0 Å². The van der Waals surface area contributed by atoms with E-state index in [2.05, 4.69) is 25.5 Å². The summed E-state index contributed by atoms with van der Waals surface area (Å²) in [6.45, 7) is 4.04. The summed E-state index contributed by atoms with van der Waals surface area (Å²) in [7, 11) is 0. The van der Waals surface area contributed by atoms with Gasteiger partial charge in [-0.25, -0.2) is 4.98 Å². The fraction of sp³-hybridized carbons (Fsp3) is 0.222. The van der Waals surface area contributed by atoms with Gasteiger partial charge in [-0.1, -0.05) is 25.1 Å². The standard InChI is InChI=1S/C18H19N5O/c1-3-15(16-10-12(2)8-9-19-16)22-18(24)14-7-5-4-6-13(14)17-20-11-21-23-17/h4-11,15H,3H2,1-2H3,(H,22,24)(H,20,21,23). The SMILES string of the molecule is CCC(NC(=O)c1ccccc1-c1ncn[nH]1)c1cc(C)ccn1. The van der Waals surface area contributed by atoms with Crippen LogP contribution in [0.2, 0.25) is 0 Å². The zero-order chi connectivity index (χ0) is 16.9. The second-order valence-corrected chi connectivity index (χ2v) is 5.57. The number of nitrogens with zero attached hydrogens (tertiary/aromatic N) is 3. The van der Waals surface area contributed by atoms with Crippen LogP contribution in [0.3, 0.4) is 0 Å². The number of carbonyl (C=O) groups is 1. The molecule has 122 valence electrons. The number of aryl methyl sites for hydroxylation is 1. The van der Waals surface area contributed by atoms with Gasteiger partial charge in [0, 0.05) is 11.8 Å². The van der Waals surface area contributed by atoms with Crippen LogP contribution in [0.15, 0.2) is 48.9 Å². The summed E-state index contributed by atoms with van der Waals surface area (Å²) in [4.78, 5) is 21.3. The largest absolute Gasteiger partial charge is 0.344 e. The molecule has 0 spiro atoms. The highest BCUT2D eigenvalue weighted by Gasteiger charge is 2.19. The van der Waals surface area contributed by atoms with Crippen LogP contribution in [0.25, 0.3) is 11.4 Å². The summed E-state index contributed by atoms with van der Waals surface area (Å²) < 4.78 is 0. The lowest BCUT2D eigenvalue weighted by Crippen LogP contribution is -2.29. The van der Waals surface area contributed by atoms with E-state index in [1.54, 1.807) is 12.3 Å². The molecule has 6 nitrogen and oxygen atoms in total. The average Bonchev–Trinajstić information content (AvgIpc) is 3.14. The first-order valence-corrected chi connectivity index (χ1v) is 7.87. The highest BCUT2D eigenvalue weighted by atomic mass is 16.1. The normalized spacial score (nSPS) is 11.9. The summed E-state index contributed by atoms with van der Waals surface area (Å²) in [6, 6.07) is 11.1. The maximum absolute atomic E-state index is 12.8. The van der Waals surface area contributed by atoms with Gasteiger partial charge < -0.3 is 5.32 Å². The number of carbonyl (C=O) groups excluding carboxylic acids is 1. The van der Waals surface area contributed by atoms with Crippen LogP contribution < -0.4 is 5.32 Å². The fourth-order valence-corrected chi connectivity index (χ4v) is 2.59. The maximum atomic E-state index is 12.8. The molecule has 3 aromatic rings. The Balaban J connectivity index is 1.87. The lowest BCUT2D eigenvalue weighted by Gasteiger charge is -2.18. The Labute approximate surface area is 140 Å². The van der Waals surface area contributed by atoms with Crippen LogP contribution in [0.5, 0.6) is 0 Å². The van der Waals surface area contributed by atoms with E-state index in [0.29, 0.717) is 11.4 Å². The van der Waals surface area contributed by atoms with Crippen molar-refractivity contribution in [2.24, 2.45) is 0 Å². The van der Waals surface area contributed by atoms with Gasteiger partial charge in [0.05, 0.1) is 17.3 Å². The van der Waals surface area contributed by atoms with Gasteiger partial charge in [-0.3, -0.25) is 14.9 Å². The van der Waals surface area contributed by atoms with Crippen LogP contribution in [0.4, 0.5) is 0 Å². The number of rotatable bonds is 5. The first kappa shape index (κ1) is 15.9. The van der Waals surface area contributed by atoms with E-state index in [9.17, 15) is 4.79 Å². The molecule has 1 amide bonds. The number of H-pyrrole nitrogens is 1. The van der Waals surface area contributed by atoms with Crippen molar-refractivity contribution in [1.29, 1.82) is 0 Å². The molecular formula is C18H19N5O. The smallest absolute Gasteiger partial charge is 0.252 e. The van der Waals surface area contributed by atoms with Gasteiger partial charge in [-0.05, 0) is 37.1 Å². The van der Waals surface area contributed by atoms with E-state index in [1.165, 1.54) is 6.33 Å². The molecule has 6 heteroatoms. The van der Waals surface area contributed by atoms with Crippen molar-refractivity contribution in [3.8, 4) is 11.4 Å². The maximum Gasteiger partial charge on any atom is 0.252 e. The molecule has 1 atom stereocenters. The summed E-state index contributed by atoms with van der Waals surface area (Å²) in [5.41, 5.74) is 3.26. The molecule has 24 heavy (non-hydrogen) atoms. The fourth-order valence-electron chi connectivity index (χ4n) is 2.59. The number of aromatic nitrogens is 4. The molecule has 0 aliphatic rings. The molecular weight excluding hydrogens is 302 g/mol. The molecule has 0 bridgehead atoms. The van der Waals surface area contributed by atoms with Gasteiger partial charge in [0.2, 0.25) is 0 Å². The topological polar surface area (TPSA) is 83.6 Å². The minimum absolute atomic E-state index is 0.139. The zero-order valence-electron chi connectivity index (χ0n) is 13.7. The number of nitrogens with one attached hydrogen (secondary N) is 2. The zero-order valence-corrected chi connectivity index (χ0v) is 13.7. The minimum atomic E-state index is -0.155. The number of aromatic amines is 1. The Kier molecular flexibility index (Phi) is 4.65. The highest BCUT2D eigenvalue weighted by Crippen LogP contribution is 2.21. The summed E-state index contributed by atoms with van der Waals surface area (Å²) in [5.74, 6) is 0.416. The van der Waals surface area contributed by atoms with Gasteiger partial charge in [-0.2, -0.15) is 5.10 Å². The van der Waals surface area contributed by atoms with E-state index in [-0.39, 0.29) is 11.9 Å². The van der Waals surface area contributed by atoms with Crippen molar-refractivity contribution >= 4 is 5.91 Å². The number of hydrogen-bond donors (Lipinski definition) is 2. The van der Waals surface area contributed by atoms with Gasteiger partial charge in [-0.15, -0.1) is 0 Å². The molecule has 0 saturated carbocycles. The van der Waals surface area contributed by atoms with Crippen LogP contribution in [0, 0.1) is 6.92 Å². The third-order valence-electron chi connectivity index (χ3n) is 3.85. The summed E-state index contributed by atoms with van der Waals surface area (Å²) in [6.07, 6.45) is 3.95. The number of amides is 1. The molecule has 2 aromatic heterocycles. The summed E-state index contributed by atoms with van der Waals surface area (Å²) in [5, 5.41) is 9.72. The Morgan fingerprint density at radius 2 is 2.08 bits per heavy atom. The van der Waals surface area contributed by atoms with E-state index in [4.69, 9.17) is 0 Å². The van der Waals surface area contributed by atoms with Gasteiger partial charge in [0.15, 0.2) is 5.82 Å². The molecule has 1 aromatic carbocycles. The van der Waals surface area contributed by atoms with Crippen molar-refractivity contribution in [1.82, 2.24) is 25.5 Å². The Morgan fingerprint density at radius 1 is 1.25 bits per heavy atom. The number of benzene rings is 1. The van der Waals surface area contributed by atoms with E-state index in [0.717, 1.165) is 23.2 Å². The molecule has 0 radical (unpaired) electrons. The van der Waals surface area contributed by atoms with Crippen molar-refractivity contribution < 1.29 is 4.79 Å². The molecule has 1 unspecified atom stereocenters. The molecule has 0 saturated heterocycles. The van der Waals surface area contributed by atoms with Crippen molar-refractivity contribution in [3.05, 3.63) is 65.7 Å². The Hall–Kier alpha value is -3.02. The molecule has 3 rings (SSSR count). The number of hydrogen-bond acceptors (Lipinski definition) is 4. The number of pyridine rings is 1. The van der Waals surface area contributed by atoms with Crippen LogP contribution in [-0.2, 0) is 0 Å². The van der Waals surface area contributed by atoms with Crippen LogP contribution >= 0.6 is 0 Å². The quantitative estimate of drug-likeness (QED) is 0.756. The van der Waals surface area contributed by atoms with Crippen LogP contribution in [0.1, 0.15) is 41.0 Å². The Morgan fingerprint density at radius 3 is 2.79 bits per heavy atom. The molecule has 2 heterocycles. The van der Waals surface area contributed by atoms with Gasteiger partial charge in [0.25, 0.3) is 5.91 Å². The summed E-state index contributed by atoms with van der Waals surface area (Å²) >= 11 is 0. The second-order valence-electron chi connectivity index (χ2n) is 5.57. The molecule has 0 aliphatic carbocycles. The van der Waals surface area contributed by atoms with E-state index >= 15 is 0 Å². The predicted molar refractivity (Wildman–Crippen MR) is 91.3 cm³/mol. The predicted octanol–water partition coefficient (Wildman–Crippen LogP) is 3.06. The van der Waals surface area contributed by atoms with Crippen LogP contribution in [-0.4, -0.2) is 26.1 Å². The minimum Gasteiger partial charge on any atom is -0.344 e. The Bertz CT molecular complexity index is 829. The first-order valence-electron chi connectivity index (χ1n) is 7.87. The lowest BCUT2D eigenvalue weighted by molar-refractivity contribution is 0.0935. The third-order valence-corrected chi connectivity index (χ3v) is 3.85. The first-order chi connectivity index (χ1) is 11.7. The van der Waals surface area contributed by atoms with Crippen molar-refractivity contribution in [2.75, 3.05) is 0 Å². The third kappa shape index (κ3) is 3.32. The highest BCUT2D eigenvalue weighted by molar-refractivity contribution is 6.00. The molecule has 2 N–H and O–H groups in total. The van der Waals surface area contributed by atoms with Crippen molar-refractivity contribution in [3.63, 3.8) is 0 Å². The van der Waals surface area contributed by atoms with E-state index < -0.39 is 0 Å².